The molecule has 0 aromatic carbocycles. The monoisotopic (exact) mass is 122 g/mol. The van der Waals surface area contributed by atoms with Gasteiger partial charge in [-0.1, -0.05) is 4.99 Å². The van der Waals surface area contributed by atoms with Crippen LogP contribution in [0.15, 0.2) is 23.6 Å². The van der Waals surface area contributed by atoms with Crippen molar-refractivity contribution < 1.29 is 4.57 Å². The quantitative estimate of drug-likeness (QED) is 0.387. The molecule has 1 rings (SSSR count). The fourth-order valence-electron chi connectivity index (χ4n) is 0.568. The molecule has 0 bridgehead atoms. The maximum Gasteiger partial charge on any atom is 0.340 e. The summed E-state index contributed by atoms with van der Waals surface area (Å²) in [6, 6.07) is 0. The van der Waals surface area contributed by atoms with E-state index >= 15 is 0 Å². The molecule has 0 spiro atoms. The van der Waals surface area contributed by atoms with E-state index in [0.29, 0.717) is 0 Å². The molecule has 0 aliphatic carbocycles. The SMILES string of the molecule is C=Nc1cncc[n+]1C. The zero-order chi connectivity index (χ0) is 6.69. The molecule has 9 heavy (non-hydrogen) atoms. The van der Waals surface area contributed by atoms with Gasteiger partial charge in [0.15, 0.2) is 0 Å². The van der Waals surface area contributed by atoms with Gasteiger partial charge >= 0.3 is 5.82 Å². The lowest BCUT2D eigenvalue weighted by molar-refractivity contribution is -0.658. The molecule has 0 aliphatic rings. The van der Waals surface area contributed by atoms with Gasteiger partial charge in [-0.05, 0) is 0 Å². The summed E-state index contributed by atoms with van der Waals surface area (Å²) >= 11 is 0. The van der Waals surface area contributed by atoms with Gasteiger partial charge in [0.2, 0.25) is 0 Å². The summed E-state index contributed by atoms with van der Waals surface area (Å²) in [7, 11) is 1.89. The van der Waals surface area contributed by atoms with Crippen molar-refractivity contribution in [2.75, 3.05) is 0 Å². The Morgan fingerprint density at radius 2 is 2.56 bits per heavy atom. The van der Waals surface area contributed by atoms with Crippen LogP contribution in [-0.2, 0) is 7.05 Å². The Labute approximate surface area is 53.7 Å². The van der Waals surface area contributed by atoms with Gasteiger partial charge in [0.1, 0.15) is 19.1 Å². The second kappa shape index (κ2) is 2.35. The van der Waals surface area contributed by atoms with Crippen molar-refractivity contribution in [3.63, 3.8) is 0 Å². The molecule has 0 radical (unpaired) electrons. The van der Waals surface area contributed by atoms with E-state index in [9.17, 15) is 0 Å². The van der Waals surface area contributed by atoms with Crippen LogP contribution < -0.4 is 4.57 Å². The largest absolute Gasteiger partial charge is 0.340 e. The van der Waals surface area contributed by atoms with Crippen LogP contribution in [0.1, 0.15) is 0 Å². The smallest absolute Gasteiger partial charge is 0.252 e. The van der Waals surface area contributed by atoms with E-state index in [1.807, 2.05) is 17.8 Å². The van der Waals surface area contributed by atoms with Crippen LogP contribution in [0.4, 0.5) is 5.82 Å². The van der Waals surface area contributed by atoms with Crippen molar-refractivity contribution >= 4 is 12.5 Å². The minimum Gasteiger partial charge on any atom is -0.252 e. The Morgan fingerprint density at radius 3 is 3.00 bits per heavy atom. The van der Waals surface area contributed by atoms with Gasteiger partial charge in [-0.3, -0.25) is 4.98 Å². The first-order valence-electron chi connectivity index (χ1n) is 2.61. The number of hydrogen-bond donors (Lipinski definition) is 0. The average molecular weight is 122 g/mol. The summed E-state index contributed by atoms with van der Waals surface area (Å²) in [6.45, 7) is 3.38. The predicted octanol–water partition coefficient (Wildman–Crippen LogP) is 0.238. The molecule has 1 aromatic heterocycles. The number of aromatic nitrogens is 2. The van der Waals surface area contributed by atoms with E-state index in [0.717, 1.165) is 5.82 Å². The van der Waals surface area contributed by atoms with Crippen LogP contribution in [0.2, 0.25) is 0 Å². The van der Waals surface area contributed by atoms with E-state index in [4.69, 9.17) is 0 Å². The summed E-state index contributed by atoms with van der Waals surface area (Å²) < 4.78 is 1.85. The molecular formula is C6H8N3+. The summed E-state index contributed by atoms with van der Waals surface area (Å²) in [5.74, 6) is 0.775. The van der Waals surface area contributed by atoms with Crippen LogP contribution in [0.5, 0.6) is 0 Å². The molecule has 0 aliphatic heterocycles. The van der Waals surface area contributed by atoms with Gasteiger partial charge in [0.05, 0.1) is 13.2 Å². The molecule has 3 nitrogen and oxygen atoms in total. The topological polar surface area (TPSA) is 29.1 Å². The van der Waals surface area contributed by atoms with Crippen molar-refractivity contribution in [3.05, 3.63) is 18.6 Å². The number of nitrogens with zero attached hydrogens (tertiary/aromatic N) is 3. The summed E-state index contributed by atoms with van der Waals surface area (Å²) in [6.07, 6.45) is 5.19. The molecule has 0 saturated heterocycles. The first-order chi connectivity index (χ1) is 4.34. The van der Waals surface area contributed by atoms with E-state index in [1.54, 1.807) is 12.4 Å². The molecule has 0 amide bonds. The van der Waals surface area contributed by atoms with Gasteiger partial charge < -0.3 is 0 Å². The van der Waals surface area contributed by atoms with Crippen molar-refractivity contribution in [2.45, 2.75) is 0 Å². The molecule has 0 atom stereocenters. The Morgan fingerprint density at radius 1 is 1.78 bits per heavy atom. The van der Waals surface area contributed by atoms with Crippen molar-refractivity contribution in [3.8, 4) is 0 Å². The molecule has 0 N–H and O–H groups in total. The highest BCUT2D eigenvalue weighted by Crippen LogP contribution is 1.95. The Kier molecular flexibility index (Phi) is 1.53. The molecule has 3 heteroatoms. The molecule has 0 saturated carbocycles. The first kappa shape index (κ1) is 5.88. The molecule has 1 heterocycles. The molecule has 0 unspecified atom stereocenters. The third-order valence-corrected chi connectivity index (χ3v) is 1.09. The van der Waals surface area contributed by atoms with E-state index in [-0.39, 0.29) is 0 Å². The number of hydrogen-bond acceptors (Lipinski definition) is 2. The zero-order valence-electron chi connectivity index (χ0n) is 5.28. The standard InChI is InChI=1S/C6H8N3/c1-7-6-5-8-3-4-9(6)2/h3-5H,1H2,2H3/q+1. The minimum atomic E-state index is 0.775. The molecular weight excluding hydrogens is 114 g/mol. The third-order valence-electron chi connectivity index (χ3n) is 1.09. The van der Waals surface area contributed by atoms with Crippen LogP contribution in [0, 0.1) is 0 Å². The van der Waals surface area contributed by atoms with Crippen LogP contribution in [0.25, 0.3) is 0 Å². The zero-order valence-corrected chi connectivity index (χ0v) is 5.28. The lowest BCUT2D eigenvalue weighted by Gasteiger charge is -1.88. The highest BCUT2D eigenvalue weighted by atomic mass is 15.0. The third kappa shape index (κ3) is 1.10. The van der Waals surface area contributed by atoms with Crippen molar-refractivity contribution in [2.24, 2.45) is 12.0 Å². The summed E-state index contributed by atoms with van der Waals surface area (Å²) in [5.41, 5.74) is 0. The maximum absolute atomic E-state index is 3.86. The Balaban J connectivity index is 3.15. The second-order valence-electron chi connectivity index (χ2n) is 1.70. The average Bonchev–Trinajstić information content (AvgIpc) is 1.89. The predicted molar refractivity (Wildman–Crippen MR) is 34.6 cm³/mol. The van der Waals surface area contributed by atoms with Crippen LogP contribution in [0.3, 0.4) is 0 Å². The van der Waals surface area contributed by atoms with Crippen molar-refractivity contribution in [1.82, 2.24) is 4.98 Å². The van der Waals surface area contributed by atoms with Crippen LogP contribution >= 0.6 is 0 Å². The Bertz CT molecular complexity index is 219. The highest BCUT2D eigenvalue weighted by Gasteiger charge is 1.98. The van der Waals surface area contributed by atoms with E-state index < -0.39 is 0 Å². The van der Waals surface area contributed by atoms with Gasteiger partial charge in [-0.2, -0.15) is 0 Å². The van der Waals surface area contributed by atoms with Gasteiger partial charge in [0.25, 0.3) is 0 Å². The van der Waals surface area contributed by atoms with Crippen LogP contribution in [-0.4, -0.2) is 11.7 Å². The lowest BCUT2D eigenvalue weighted by atomic mass is 10.6. The number of rotatable bonds is 1. The fourth-order valence-corrected chi connectivity index (χ4v) is 0.568. The minimum absolute atomic E-state index is 0.775. The van der Waals surface area contributed by atoms with Gasteiger partial charge in [-0.15, -0.1) is 0 Å². The maximum atomic E-state index is 3.86. The van der Waals surface area contributed by atoms with Crippen molar-refractivity contribution in [1.29, 1.82) is 0 Å². The van der Waals surface area contributed by atoms with E-state index in [1.165, 1.54) is 0 Å². The lowest BCUT2D eigenvalue weighted by Crippen LogP contribution is -2.27. The first-order valence-corrected chi connectivity index (χ1v) is 2.61. The Hall–Kier alpha value is -1.25. The van der Waals surface area contributed by atoms with E-state index in [2.05, 4.69) is 16.7 Å². The number of aliphatic imine (C=N–C) groups is 1. The normalized spacial score (nSPS) is 9.00. The highest BCUT2D eigenvalue weighted by molar-refractivity contribution is 5.34. The molecule has 0 fully saturated rings. The summed E-state index contributed by atoms with van der Waals surface area (Å²) in [5, 5.41) is 0. The molecule has 46 valence electrons. The van der Waals surface area contributed by atoms with Gasteiger partial charge in [0, 0.05) is 0 Å². The number of aryl methyl sites for hydroxylation is 1. The van der Waals surface area contributed by atoms with Gasteiger partial charge in [-0.25, -0.2) is 4.57 Å². The molecule has 1 aromatic rings. The second-order valence-corrected chi connectivity index (χ2v) is 1.70. The fraction of sp³-hybridized carbons (Fsp3) is 0.167. The summed E-state index contributed by atoms with van der Waals surface area (Å²) in [4.78, 5) is 7.58.